The van der Waals surface area contributed by atoms with Gasteiger partial charge in [-0.2, -0.15) is 0 Å². The van der Waals surface area contributed by atoms with Crippen molar-refractivity contribution in [2.24, 2.45) is 7.05 Å². The first-order chi connectivity index (χ1) is 11.8. The van der Waals surface area contributed by atoms with Gasteiger partial charge in [0.1, 0.15) is 11.5 Å². The van der Waals surface area contributed by atoms with Gasteiger partial charge < -0.3 is 14.0 Å². The van der Waals surface area contributed by atoms with Crippen LogP contribution in [-0.2, 0) is 7.05 Å². The van der Waals surface area contributed by atoms with E-state index in [0.29, 0.717) is 6.61 Å². The molecule has 1 aromatic heterocycles. The molecule has 0 aliphatic carbocycles. The summed E-state index contributed by atoms with van der Waals surface area (Å²) in [5.74, 6) is 3.31. The highest BCUT2D eigenvalue weighted by Gasteiger charge is 2.11. The van der Waals surface area contributed by atoms with Gasteiger partial charge in [0.05, 0.1) is 13.7 Å². The second-order valence-electron chi connectivity index (χ2n) is 5.11. The molecule has 0 aliphatic rings. The molecule has 0 atom stereocenters. The number of benzene rings is 2. The van der Waals surface area contributed by atoms with E-state index in [1.54, 1.807) is 18.9 Å². The van der Waals surface area contributed by atoms with Crippen molar-refractivity contribution in [2.45, 2.75) is 5.16 Å². The minimum Gasteiger partial charge on any atom is -0.497 e. The fourth-order valence-corrected chi connectivity index (χ4v) is 2.99. The molecule has 0 amide bonds. The third-order valence-corrected chi connectivity index (χ3v) is 4.47. The van der Waals surface area contributed by atoms with Gasteiger partial charge in [0.25, 0.3) is 0 Å². The van der Waals surface area contributed by atoms with E-state index in [1.807, 2.05) is 66.2 Å². The second kappa shape index (κ2) is 7.88. The molecule has 0 fully saturated rings. The quantitative estimate of drug-likeness (QED) is 0.485. The lowest BCUT2D eigenvalue weighted by Gasteiger charge is -2.07. The number of hydrogen-bond acceptors (Lipinski definition) is 5. The normalized spacial score (nSPS) is 10.6. The lowest BCUT2D eigenvalue weighted by molar-refractivity contribution is 0.344. The predicted octanol–water partition coefficient (Wildman–Crippen LogP) is 3.66. The number of hydrogen-bond donors (Lipinski definition) is 0. The fraction of sp³-hybridized carbons (Fsp3) is 0.222. The van der Waals surface area contributed by atoms with Crippen LogP contribution in [0.25, 0.3) is 11.4 Å². The molecule has 0 N–H and O–H groups in total. The van der Waals surface area contributed by atoms with Gasteiger partial charge in [-0.3, -0.25) is 0 Å². The van der Waals surface area contributed by atoms with Gasteiger partial charge in [-0.25, -0.2) is 0 Å². The van der Waals surface area contributed by atoms with Crippen LogP contribution in [0.4, 0.5) is 0 Å². The maximum Gasteiger partial charge on any atom is 0.191 e. The molecule has 24 heavy (non-hydrogen) atoms. The van der Waals surface area contributed by atoms with E-state index in [2.05, 4.69) is 10.2 Å². The van der Waals surface area contributed by atoms with Crippen LogP contribution in [0.1, 0.15) is 0 Å². The first kappa shape index (κ1) is 16.4. The smallest absolute Gasteiger partial charge is 0.191 e. The van der Waals surface area contributed by atoms with E-state index in [4.69, 9.17) is 9.47 Å². The van der Waals surface area contributed by atoms with E-state index >= 15 is 0 Å². The van der Waals surface area contributed by atoms with E-state index in [1.165, 1.54) is 0 Å². The third kappa shape index (κ3) is 3.89. The fourth-order valence-electron chi connectivity index (χ4n) is 2.26. The minimum atomic E-state index is 0.621. The Bertz CT molecular complexity index is 790. The molecular formula is C18H19N3O2S. The van der Waals surface area contributed by atoms with Crippen LogP contribution in [0.2, 0.25) is 0 Å². The molecular weight excluding hydrogens is 322 g/mol. The van der Waals surface area contributed by atoms with Crippen LogP contribution in [0.5, 0.6) is 11.5 Å². The highest BCUT2D eigenvalue weighted by Crippen LogP contribution is 2.25. The molecule has 2 aromatic carbocycles. The number of ether oxygens (including phenoxy) is 2. The van der Waals surface area contributed by atoms with Gasteiger partial charge in [-0.1, -0.05) is 42.1 Å². The molecule has 0 saturated heterocycles. The zero-order valence-corrected chi connectivity index (χ0v) is 14.5. The Balaban J connectivity index is 1.60. The van der Waals surface area contributed by atoms with Crippen molar-refractivity contribution >= 4 is 11.8 Å². The number of nitrogens with zero attached hydrogens (tertiary/aromatic N) is 3. The minimum absolute atomic E-state index is 0.621. The van der Waals surface area contributed by atoms with Gasteiger partial charge in [0.15, 0.2) is 11.0 Å². The molecule has 3 rings (SSSR count). The molecule has 6 heteroatoms. The summed E-state index contributed by atoms with van der Waals surface area (Å²) in [5.41, 5.74) is 0.983. The SMILES string of the molecule is COc1cccc(-c2nnc(SCCOc3ccccc3)n2C)c1. The Hall–Kier alpha value is -2.47. The summed E-state index contributed by atoms with van der Waals surface area (Å²) in [6.07, 6.45) is 0. The van der Waals surface area contributed by atoms with Crippen LogP contribution < -0.4 is 9.47 Å². The molecule has 5 nitrogen and oxygen atoms in total. The Kier molecular flexibility index (Phi) is 5.38. The van der Waals surface area contributed by atoms with Crippen molar-refractivity contribution in [2.75, 3.05) is 19.5 Å². The molecule has 0 aliphatic heterocycles. The van der Waals surface area contributed by atoms with Crippen LogP contribution >= 0.6 is 11.8 Å². The molecule has 0 saturated carbocycles. The molecule has 3 aromatic rings. The van der Waals surface area contributed by atoms with Crippen LogP contribution in [0, 0.1) is 0 Å². The zero-order chi connectivity index (χ0) is 16.8. The summed E-state index contributed by atoms with van der Waals surface area (Å²) in [5, 5.41) is 9.43. The van der Waals surface area contributed by atoms with Crippen molar-refractivity contribution < 1.29 is 9.47 Å². The molecule has 0 spiro atoms. The Morgan fingerprint density at radius 3 is 2.58 bits per heavy atom. The van der Waals surface area contributed by atoms with E-state index in [9.17, 15) is 0 Å². The Morgan fingerprint density at radius 2 is 1.79 bits per heavy atom. The summed E-state index contributed by atoms with van der Waals surface area (Å²) in [4.78, 5) is 0. The van der Waals surface area contributed by atoms with Crippen molar-refractivity contribution in [3.8, 4) is 22.9 Å². The average molecular weight is 341 g/mol. The van der Waals surface area contributed by atoms with Gasteiger partial charge in [-0.05, 0) is 24.3 Å². The summed E-state index contributed by atoms with van der Waals surface area (Å²) in [7, 11) is 3.62. The second-order valence-corrected chi connectivity index (χ2v) is 6.17. The first-order valence-electron chi connectivity index (χ1n) is 7.62. The number of aromatic nitrogens is 3. The molecule has 1 heterocycles. The zero-order valence-electron chi connectivity index (χ0n) is 13.7. The summed E-state index contributed by atoms with van der Waals surface area (Å²) in [6, 6.07) is 17.6. The van der Waals surface area contributed by atoms with Crippen molar-refractivity contribution in [1.82, 2.24) is 14.8 Å². The van der Waals surface area contributed by atoms with E-state index in [-0.39, 0.29) is 0 Å². The molecule has 0 bridgehead atoms. The Morgan fingerprint density at radius 1 is 1.00 bits per heavy atom. The summed E-state index contributed by atoms with van der Waals surface area (Å²) in [6.45, 7) is 0.621. The Labute approximate surface area is 145 Å². The highest BCUT2D eigenvalue weighted by molar-refractivity contribution is 7.99. The standard InChI is InChI=1S/C18H19N3O2S/c1-21-17(14-7-6-10-16(13-14)22-2)19-20-18(21)24-12-11-23-15-8-4-3-5-9-15/h3-10,13H,11-12H2,1-2H3. The highest BCUT2D eigenvalue weighted by atomic mass is 32.2. The van der Waals surface area contributed by atoms with Crippen molar-refractivity contribution in [3.05, 3.63) is 54.6 Å². The third-order valence-electron chi connectivity index (χ3n) is 3.49. The maximum atomic E-state index is 5.69. The van der Waals surface area contributed by atoms with Crippen molar-refractivity contribution in [3.63, 3.8) is 0 Å². The molecule has 0 radical (unpaired) electrons. The van der Waals surface area contributed by atoms with Gasteiger partial charge >= 0.3 is 0 Å². The topological polar surface area (TPSA) is 49.2 Å². The van der Waals surface area contributed by atoms with Crippen LogP contribution in [0.3, 0.4) is 0 Å². The number of methoxy groups -OCH3 is 1. The molecule has 124 valence electrons. The van der Waals surface area contributed by atoms with Gasteiger partial charge in [0.2, 0.25) is 0 Å². The van der Waals surface area contributed by atoms with E-state index in [0.717, 1.165) is 33.8 Å². The van der Waals surface area contributed by atoms with E-state index < -0.39 is 0 Å². The number of thioether (sulfide) groups is 1. The van der Waals surface area contributed by atoms with Gasteiger partial charge in [0, 0.05) is 18.4 Å². The lowest BCUT2D eigenvalue weighted by Crippen LogP contribution is -2.02. The first-order valence-corrected chi connectivity index (χ1v) is 8.61. The van der Waals surface area contributed by atoms with Crippen LogP contribution in [0.15, 0.2) is 59.8 Å². The average Bonchev–Trinajstić information content (AvgIpc) is 3.00. The largest absolute Gasteiger partial charge is 0.497 e. The lowest BCUT2D eigenvalue weighted by atomic mass is 10.2. The molecule has 0 unspecified atom stereocenters. The van der Waals surface area contributed by atoms with Gasteiger partial charge in [-0.15, -0.1) is 10.2 Å². The summed E-state index contributed by atoms with van der Waals surface area (Å²) >= 11 is 1.62. The maximum absolute atomic E-state index is 5.69. The summed E-state index contributed by atoms with van der Waals surface area (Å²) < 4.78 is 12.9. The predicted molar refractivity (Wildman–Crippen MR) is 95.7 cm³/mol. The number of para-hydroxylation sites is 1. The number of rotatable bonds is 7. The van der Waals surface area contributed by atoms with Crippen molar-refractivity contribution in [1.29, 1.82) is 0 Å². The van der Waals surface area contributed by atoms with Crippen LogP contribution in [-0.4, -0.2) is 34.2 Å². The monoisotopic (exact) mass is 341 g/mol.